The Balaban J connectivity index is 1.43. The Bertz CT molecular complexity index is 917. The predicted octanol–water partition coefficient (Wildman–Crippen LogP) is 4.01. The molecule has 32 heavy (non-hydrogen) atoms. The maximum absolute atomic E-state index is 12.8. The van der Waals surface area contributed by atoms with Gasteiger partial charge in [-0.2, -0.15) is 11.8 Å². The number of rotatable bonds is 11. The van der Waals surface area contributed by atoms with Crippen LogP contribution in [-0.4, -0.2) is 63.8 Å². The van der Waals surface area contributed by atoms with Crippen LogP contribution in [0, 0.1) is 0 Å². The van der Waals surface area contributed by atoms with E-state index in [1.807, 2.05) is 40.9 Å². The summed E-state index contributed by atoms with van der Waals surface area (Å²) in [4.78, 5) is 14.8. The molecular weight excluding hydrogens is 426 g/mol. The van der Waals surface area contributed by atoms with Crippen LogP contribution in [0.5, 0.6) is 23.0 Å². The van der Waals surface area contributed by atoms with Crippen molar-refractivity contribution in [2.75, 3.05) is 53.0 Å². The van der Waals surface area contributed by atoms with Gasteiger partial charge in [-0.25, -0.2) is 0 Å². The number of aryl methyl sites for hydroxylation is 1. The van der Waals surface area contributed by atoms with E-state index in [0.717, 1.165) is 66.7 Å². The highest BCUT2D eigenvalue weighted by Gasteiger charge is 2.22. The van der Waals surface area contributed by atoms with Gasteiger partial charge in [-0.1, -0.05) is 6.07 Å². The number of nitrogens with zero attached hydrogens (tertiary/aromatic N) is 1. The number of thioether (sulfide) groups is 1. The van der Waals surface area contributed by atoms with E-state index in [1.165, 1.54) is 11.1 Å². The molecule has 7 heteroatoms. The Morgan fingerprint density at radius 3 is 2.19 bits per heavy atom. The number of carbonyl (C=O) groups excluding carboxylic acids is 1. The molecule has 0 unspecified atom stereocenters. The molecule has 0 aromatic heterocycles. The molecule has 1 amide bonds. The van der Waals surface area contributed by atoms with Gasteiger partial charge in [0.1, 0.15) is 0 Å². The van der Waals surface area contributed by atoms with Gasteiger partial charge in [0.2, 0.25) is 5.91 Å². The van der Waals surface area contributed by atoms with Gasteiger partial charge in [-0.15, -0.1) is 0 Å². The smallest absolute Gasteiger partial charge is 0.227 e. The summed E-state index contributed by atoms with van der Waals surface area (Å²) in [6.07, 6.45) is 3.23. The molecule has 0 radical (unpaired) electrons. The normalized spacial score (nSPS) is 13.4. The zero-order valence-corrected chi connectivity index (χ0v) is 20.3. The maximum Gasteiger partial charge on any atom is 0.227 e. The number of fused-ring (bicyclic) bond motifs is 1. The maximum atomic E-state index is 12.8. The Morgan fingerprint density at radius 2 is 1.50 bits per heavy atom. The number of methoxy groups -OCH3 is 4. The van der Waals surface area contributed by atoms with E-state index in [4.69, 9.17) is 18.9 Å². The first kappa shape index (κ1) is 24.1. The van der Waals surface area contributed by atoms with E-state index in [0.29, 0.717) is 12.2 Å². The van der Waals surface area contributed by atoms with E-state index in [1.54, 1.807) is 28.4 Å². The fourth-order valence-electron chi connectivity index (χ4n) is 3.94. The summed E-state index contributed by atoms with van der Waals surface area (Å²) in [5.41, 5.74) is 3.45. The molecule has 0 atom stereocenters. The highest BCUT2D eigenvalue weighted by atomic mass is 32.2. The van der Waals surface area contributed by atoms with Crippen LogP contribution in [-0.2, 0) is 24.1 Å². The van der Waals surface area contributed by atoms with Crippen molar-refractivity contribution in [2.45, 2.75) is 25.7 Å². The van der Waals surface area contributed by atoms with Crippen LogP contribution in [0.25, 0.3) is 0 Å². The number of benzene rings is 2. The van der Waals surface area contributed by atoms with Crippen molar-refractivity contribution in [2.24, 2.45) is 0 Å². The minimum Gasteiger partial charge on any atom is -0.493 e. The van der Waals surface area contributed by atoms with Crippen LogP contribution in [0.15, 0.2) is 30.3 Å². The SMILES string of the molecule is COc1ccc(CCSCCCN2CCc3cc(OC)c(OC)cc3CC2=O)cc1OC. The standard InChI is InChI=1S/C25H33NO5S/c1-28-21-7-6-18(14-22(21)29-2)9-13-32-12-5-10-26-11-8-19-15-23(30-3)24(31-4)16-20(19)17-25(26)27/h6-7,14-16H,5,8-13,17H2,1-4H3. The molecule has 2 aromatic rings. The number of carbonyl (C=O) groups is 1. The highest BCUT2D eigenvalue weighted by Crippen LogP contribution is 2.32. The Kier molecular flexibility index (Phi) is 8.97. The van der Waals surface area contributed by atoms with Gasteiger partial charge in [-0.3, -0.25) is 4.79 Å². The molecular formula is C25H33NO5S. The van der Waals surface area contributed by atoms with Gasteiger partial charge >= 0.3 is 0 Å². The van der Waals surface area contributed by atoms with Crippen LogP contribution in [0.4, 0.5) is 0 Å². The molecule has 0 saturated carbocycles. The topological polar surface area (TPSA) is 57.2 Å². The number of ether oxygens (including phenoxy) is 4. The molecule has 1 aliphatic rings. The fraction of sp³-hybridized carbons (Fsp3) is 0.480. The second-order valence-corrected chi connectivity index (χ2v) is 8.91. The molecule has 2 aromatic carbocycles. The predicted molar refractivity (Wildman–Crippen MR) is 129 cm³/mol. The molecule has 6 nitrogen and oxygen atoms in total. The van der Waals surface area contributed by atoms with E-state index in [2.05, 4.69) is 6.07 Å². The monoisotopic (exact) mass is 459 g/mol. The lowest BCUT2D eigenvalue weighted by Crippen LogP contribution is -2.33. The summed E-state index contributed by atoms with van der Waals surface area (Å²) < 4.78 is 21.5. The molecule has 0 fully saturated rings. The van der Waals surface area contributed by atoms with Crippen LogP contribution in [0.3, 0.4) is 0 Å². The lowest BCUT2D eigenvalue weighted by molar-refractivity contribution is -0.130. The largest absolute Gasteiger partial charge is 0.493 e. The number of hydrogen-bond acceptors (Lipinski definition) is 6. The summed E-state index contributed by atoms with van der Waals surface area (Å²) in [5, 5.41) is 0. The first-order chi connectivity index (χ1) is 15.6. The third kappa shape index (κ3) is 6.03. The van der Waals surface area contributed by atoms with Crippen LogP contribution >= 0.6 is 11.8 Å². The highest BCUT2D eigenvalue weighted by molar-refractivity contribution is 7.99. The second-order valence-electron chi connectivity index (χ2n) is 7.69. The lowest BCUT2D eigenvalue weighted by Gasteiger charge is -2.20. The average Bonchev–Trinajstić information content (AvgIpc) is 2.97. The fourth-order valence-corrected chi connectivity index (χ4v) is 4.85. The number of hydrogen-bond donors (Lipinski definition) is 0. The van der Waals surface area contributed by atoms with E-state index in [9.17, 15) is 4.79 Å². The molecule has 1 heterocycles. The lowest BCUT2D eigenvalue weighted by atomic mass is 10.0. The molecule has 3 rings (SSSR count). The van der Waals surface area contributed by atoms with Gasteiger partial charge in [-0.05, 0) is 71.7 Å². The van der Waals surface area contributed by atoms with Crippen molar-refractivity contribution in [3.8, 4) is 23.0 Å². The molecule has 0 bridgehead atoms. The molecule has 0 aliphatic carbocycles. The summed E-state index contributed by atoms with van der Waals surface area (Å²) in [7, 11) is 6.57. The molecule has 0 N–H and O–H groups in total. The van der Waals surface area contributed by atoms with Crippen molar-refractivity contribution in [3.63, 3.8) is 0 Å². The minimum absolute atomic E-state index is 0.186. The Labute approximate surface area is 195 Å². The van der Waals surface area contributed by atoms with E-state index >= 15 is 0 Å². The van der Waals surface area contributed by atoms with Crippen molar-refractivity contribution < 1.29 is 23.7 Å². The van der Waals surface area contributed by atoms with Crippen LogP contribution in [0.2, 0.25) is 0 Å². The first-order valence-electron chi connectivity index (χ1n) is 10.9. The second kappa shape index (κ2) is 11.9. The quantitative estimate of drug-likeness (QED) is 0.473. The van der Waals surface area contributed by atoms with Crippen molar-refractivity contribution in [1.82, 2.24) is 4.90 Å². The average molecular weight is 460 g/mol. The van der Waals surface area contributed by atoms with Gasteiger partial charge < -0.3 is 23.8 Å². The van der Waals surface area contributed by atoms with Crippen LogP contribution < -0.4 is 18.9 Å². The van der Waals surface area contributed by atoms with E-state index in [-0.39, 0.29) is 5.91 Å². The summed E-state index contributed by atoms with van der Waals surface area (Å²) in [5.74, 6) is 5.18. The third-order valence-electron chi connectivity index (χ3n) is 5.75. The van der Waals surface area contributed by atoms with Gasteiger partial charge in [0, 0.05) is 13.1 Å². The summed E-state index contributed by atoms with van der Waals surface area (Å²) in [6, 6.07) is 10.0. The van der Waals surface area contributed by atoms with Crippen molar-refractivity contribution in [3.05, 3.63) is 47.0 Å². The number of amides is 1. The van der Waals surface area contributed by atoms with Crippen molar-refractivity contribution in [1.29, 1.82) is 0 Å². The van der Waals surface area contributed by atoms with Gasteiger partial charge in [0.05, 0.1) is 34.9 Å². The van der Waals surface area contributed by atoms with Crippen LogP contribution in [0.1, 0.15) is 23.1 Å². The molecule has 1 aliphatic heterocycles. The van der Waals surface area contributed by atoms with Crippen molar-refractivity contribution >= 4 is 17.7 Å². The summed E-state index contributed by atoms with van der Waals surface area (Å²) in [6.45, 7) is 1.54. The Hall–Kier alpha value is -2.54. The third-order valence-corrected chi connectivity index (χ3v) is 6.82. The first-order valence-corrected chi connectivity index (χ1v) is 12.0. The zero-order chi connectivity index (χ0) is 22.9. The summed E-state index contributed by atoms with van der Waals surface area (Å²) >= 11 is 1.92. The zero-order valence-electron chi connectivity index (χ0n) is 19.4. The molecule has 0 spiro atoms. The Morgan fingerprint density at radius 1 is 0.844 bits per heavy atom. The van der Waals surface area contributed by atoms with Gasteiger partial charge in [0.15, 0.2) is 23.0 Å². The van der Waals surface area contributed by atoms with E-state index < -0.39 is 0 Å². The van der Waals surface area contributed by atoms with Gasteiger partial charge in [0.25, 0.3) is 0 Å². The molecule has 0 saturated heterocycles. The molecule has 174 valence electrons. The minimum atomic E-state index is 0.186.